The van der Waals surface area contributed by atoms with Crippen LogP contribution < -0.4 is 24.8 Å². The molecule has 4 heteroatoms. The molecule has 0 bridgehead atoms. The van der Waals surface area contributed by atoms with Crippen LogP contribution in [0.3, 0.4) is 0 Å². The predicted molar refractivity (Wildman–Crippen MR) is 95.0 cm³/mol. The first-order chi connectivity index (χ1) is 11.4. The van der Waals surface area contributed by atoms with Crippen LogP contribution in [0.15, 0.2) is 84.9 Å². The Bertz CT molecular complexity index is 776. The minimum absolute atomic E-state index is 0. The van der Waals surface area contributed by atoms with Crippen molar-refractivity contribution in [3.05, 3.63) is 113 Å². The van der Waals surface area contributed by atoms with E-state index in [1.54, 1.807) is 0 Å². The zero-order valence-electron chi connectivity index (χ0n) is 14.1. The fraction of sp³-hybridized carbons (Fsp3) is 0.0909. The number of allylic oxidation sites excluding steroid dienone is 1. The second kappa shape index (κ2) is 12.9. The van der Waals surface area contributed by atoms with Crippen molar-refractivity contribution in [1.82, 2.24) is 0 Å². The topological polar surface area (TPSA) is 20.2 Å². The van der Waals surface area contributed by atoms with Gasteiger partial charge >= 0.3 is 21.7 Å². The number of hydrogen-bond donors (Lipinski definition) is 1. The molecule has 0 spiro atoms. The first-order valence-corrected chi connectivity index (χ1v) is 7.77. The molecule has 1 atom stereocenters. The van der Waals surface area contributed by atoms with E-state index >= 15 is 0 Å². The van der Waals surface area contributed by atoms with Crippen LogP contribution in [-0.4, -0.2) is 5.11 Å². The average Bonchev–Trinajstić information content (AvgIpc) is 3.08. The van der Waals surface area contributed by atoms with Crippen LogP contribution in [0.1, 0.15) is 28.2 Å². The third-order valence-electron chi connectivity index (χ3n) is 3.89. The molecule has 1 aliphatic rings. The summed E-state index contributed by atoms with van der Waals surface area (Å²) < 4.78 is 0. The Kier molecular flexibility index (Phi) is 12.3. The molecule has 1 aliphatic carbocycles. The van der Waals surface area contributed by atoms with Crippen LogP contribution in [-0.2, 0) is 28.3 Å². The van der Waals surface area contributed by atoms with E-state index in [0.29, 0.717) is 5.92 Å². The molecule has 4 rings (SSSR count). The van der Waals surface area contributed by atoms with Gasteiger partial charge in [-0.3, -0.25) is 0 Å². The summed E-state index contributed by atoms with van der Waals surface area (Å²) in [6, 6.07) is 29.6. The summed E-state index contributed by atoms with van der Waals surface area (Å²) in [7, 11) is 0. The summed E-state index contributed by atoms with van der Waals surface area (Å²) in [6.45, 7) is 0.140. The normalized spacial score (nSPS) is 13.0. The van der Waals surface area contributed by atoms with E-state index < -0.39 is 0 Å². The summed E-state index contributed by atoms with van der Waals surface area (Å²) in [4.78, 5) is 0. The molecule has 0 heterocycles. The van der Waals surface area contributed by atoms with Gasteiger partial charge in [0.15, 0.2) is 0 Å². The van der Waals surface area contributed by atoms with E-state index in [2.05, 4.69) is 54.6 Å². The van der Waals surface area contributed by atoms with E-state index in [1.165, 1.54) is 16.7 Å². The maximum Gasteiger partial charge on any atom is 3.00 e. The van der Waals surface area contributed by atoms with Gasteiger partial charge in [-0.25, -0.2) is 0 Å². The van der Waals surface area contributed by atoms with E-state index in [4.69, 9.17) is 5.11 Å². The van der Waals surface area contributed by atoms with Crippen molar-refractivity contribution < 1.29 is 51.6 Å². The minimum atomic E-state index is 0. The molecule has 1 N–H and O–H groups in total. The number of aliphatic hydroxyl groups excluding tert-OH is 1. The van der Waals surface area contributed by atoms with Gasteiger partial charge in [-0.05, 0) is 16.7 Å². The SMILES string of the molecule is OCc1ccccc1.[Cl-].[Cl-].[Ti+3].[c-]1ccccc1C1C=Cc2ccccc21. The molecule has 3 aromatic carbocycles. The molecule has 0 saturated heterocycles. The fourth-order valence-electron chi connectivity index (χ4n) is 2.70. The van der Waals surface area contributed by atoms with Gasteiger partial charge < -0.3 is 29.9 Å². The largest absolute Gasteiger partial charge is 3.00 e. The van der Waals surface area contributed by atoms with Gasteiger partial charge in [0.1, 0.15) is 0 Å². The summed E-state index contributed by atoms with van der Waals surface area (Å²) >= 11 is 0. The summed E-state index contributed by atoms with van der Waals surface area (Å²) in [5.74, 6) is 0.391. The molecule has 3 aromatic rings. The van der Waals surface area contributed by atoms with Crippen LogP contribution in [0.25, 0.3) is 6.08 Å². The predicted octanol–water partition coefficient (Wildman–Crippen LogP) is -1.17. The van der Waals surface area contributed by atoms with E-state index in [9.17, 15) is 0 Å². The Morgan fingerprint density at radius 2 is 1.46 bits per heavy atom. The van der Waals surface area contributed by atoms with Crippen LogP contribution in [0.4, 0.5) is 0 Å². The summed E-state index contributed by atoms with van der Waals surface area (Å²) in [6.07, 6.45) is 4.44. The molecule has 1 nitrogen and oxygen atoms in total. The maximum atomic E-state index is 8.54. The van der Waals surface area contributed by atoms with Crippen molar-refractivity contribution in [2.24, 2.45) is 0 Å². The molecule has 0 aromatic heterocycles. The van der Waals surface area contributed by atoms with Gasteiger partial charge in [-0.1, -0.05) is 66.7 Å². The second-order valence-corrected chi connectivity index (χ2v) is 5.43. The Morgan fingerprint density at radius 3 is 2.08 bits per heavy atom. The first-order valence-electron chi connectivity index (χ1n) is 7.77. The molecule has 0 saturated carbocycles. The minimum Gasteiger partial charge on any atom is -1.00 e. The second-order valence-electron chi connectivity index (χ2n) is 5.43. The van der Waals surface area contributed by atoms with Crippen molar-refractivity contribution >= 4 is 6.08 Å². The number of aliphatic hydroxyl groups is 1. The zero-order chi connectivity index (χ0) is 15.9. The van der Waals surface area contributed by atoms with Gasteiger partial charge in [-0.2, -0.15) is 35.9 Å². The van der Waals surface area contributed by atoms with Crippen molar-refractivity contribution in [3.8, 4) is 0 Å². The van der Waals surface area contributed by atoms with Gasteiger partial charge in [0, 0.05) is 5.92 Å². The summed E-state index contributed by atoms with van der Waals surface area (Å²) in [5.41, 5.74) is 4.94. The van der Waals surface area contributed by atoms with Crippen molar-refractivity contribution in [2.75, 3.05) is 0 Å². The molecule has 131 valence electrons. The van der Waals surface area contributed by atoms with Gasteiger partial charge in [0.25, 0.3) is 0 Å². The van der Waals surface area contributed by atoms with Gasteiger partial charge in [0.2, 0.25) is 0 Å². The molecular formula is C22H19Cl2OTi. The molecular weight excluding hydrogens is 399 g/mol. The van der Waals surface area contributed by atoms with E-state index in [0.717, 1.165) is 5.56 Å². The van der Waals surface area contributed by atoms with Crippen molar-refractivity contribution in [1.29, 1.82) is 0 Å². The van der Waals surface area contributed by atoms with Crippen LogP contribution in [0.5, 0.6) is 0 Å². The number of rotatable bonds is 2. The average molecular weight is 418 g/mol. The Morgan fingerprint density at radius 1 is 0.808 bits per heavy atom. The number of benzene rings is 3. The molecule has 26 heavy (non-hydrogen) atoms. The standard InChI is InChI=1S/C15H11.C7H8O.2ClH.Ti/c1-2-6-12(7-3-1)15-11-10-13-8-4-5-9-14(13)15;8-6-7-4-2-1-3-5-7;;;/h1-6,8-11,15H;1-5,8H,6H2;2*1H;/q-1;;;;+3/p-2. The molecule has 1 radical (unpaired) electrons. The quantitative estimate of drug-likeness (QED) is 0.411. The molecule has 0 fully saturated rings. The smallest absolute Gasteiger partial charge is 1.00 e. The molecule has 0 aliphatic heterocycles. The first kappa shape index (κ1) is 24.7. The number of hydrogen-bond acceptors (Lipinski definition) is 1. The molecule has 0 amide bonds. The van der Waals surface area contributed by atoms with Gasteiger partial charge in [-0.15, -0.1) is 0 Å². The summed E-state index contributed by atoms with van der Waals surface area (Å²) in [5, 5.41) is 8.54. The van der Waals surface area contributed by atoms with E-state index in [-0.39, 0.29) is 53.1 Å². The third kappa shape index (κ3) is 6.43. The van der Waals surface area contributed by atoms with Crippen LogP contribution >= 0.6 is 0 Å². The Labute approximate surface area is 182 Å². The van der Waals surface area contributed by atoms with Gasteiger partial charge in [0.05, 0.1) is 6.61 Å². The Hall–Kier alpha value is -1.35. The van der Waals surface area contributed by atoms with Crippen LogP contribution in [0.2, 0.25) is 0 Å². The van der Waals surface area contributed by atoms with E-state index in [1.807, 2.05) is 42.5 Å². The Balaban J connectivity index is 0.000000497. The van der Waals surface area contributed by atoms with Crippen molar-refractivity contribution in [2.45, 2.75) is 12.5 Å². The third-order valence-corrected chi connectivity index (χ3v) is 3.89. The molecule has 1 unspecified atom stereocenters. The number of fused-ring (bicyclic) bond motifs is 1. The monoisotopic (exact) mass is 417 g/mol. The van der Waals surface area contributed by atoms with Crippen molar-refractivity contribution in [3.63, 3.8) is 0 Å². The van der Waals surface area contributed by atoms with Crippen LogP contribution in [0, 0.1) is 6.07 Å². The maximum absolute atomic E-state index is 8.54. The zero-order valence-corrected chi connectivity index (χ0v) is 17.2. The fourth-order valence-corrected chi connectivity index (χ4v) is 2.70. The number of halogens is 2.